The SMILES string of the molecule is C=C1c2cc(-c3ccc4c(C(=C)N)n[nH]c4c3)cnc21.CC(C)(C)C.CCO.[B]c1ccc(CC(C)(F)F)cc1CN. The van der Waals surface area contributed by atoms with Gasteiger partial charge >= 0.3 is 0 Å². The molecule has 0 atom stereocenters. The number of aliphatic hydroxyl groups is 1. The minimum atomic E-state index is -2.69. The van der Waals surface area contributed by atoms with E-state index in [-0.39, 0.29) is 19.6 Å². The van der Waals surface area contributed by atoms with Gasteiger partial charge in [-0.3, -0.25) is 10.1 Å². The third-order valence-electron chi connectivity index (χ3n) is 5.58. The number of pyridine rings is 1. The van der Waals surface area contributed by atoms with Crippen molar-refractivity contribution in [1.29, 1.82) is 0 Å². The summed E-state index contributed by atoms with van der Waals surface area (Å²) in [4.78, 5) is 4.38. The van der Waals surface area contributed by atoms with Crippen molar-refractivity contribution in [3.05, 3.63) is 89.9 Å². The predicted octanol–water partition coefficient (Wildman–Crippen LogP) is 6.12. The molecule has 2 radical (unpaired) electrons. The highest BCUT2D eigenvalue weighted by molar-refractivity contribution is 6.33. The van der Waals surface area contributed by atoms with Crippen LogP contribution in [0.3, 0.4) is 0 Å². The summed E-state index contributed by atoms with van der Waals surface area (Å²) in [5.74, 6) is -2.69. The Balaban J connectivity index is 0.000000244. The topological polar surface area (TPSA) is 114 Å². The van der Waals surface area contributed by atoms with Gasteiger partial charge in [0.25, 0.3) is 0 Å². The number of H-pyrrole nitrogens is 1. The van der Waals surface area contributed by atoms with E-state index in [1.807, 2.05) is 24.4 Å². The fourth-order valence-electron chi connectivity index (χ4n) is 3.77. The maximum absolute atomic E-state index is 12.7. The Morgan fingerprint density at radius 1 is 1.05 bits per heavy atom. The summed E-state index contributed by atoms with van der Waals surface area (Å²) < 4.78 is 25.4. The molecular formula is C33H42BF2N5O. The number of aliphatic hydroxyl groups excluding tert-OH is 1. The van der Waals surface area contributed by atoms with E-state index in [1.54, 1.807) is 25.1 Å². The van der Waals surface area contributed by atoms with Crippen LogP contribution in [0.2, 0.25) is 0 Å². The molecule has 0 fully saturated rings. The fraction of sp³-hybridized carbons (Fsp3) is 0.333. The highest BCUT2D eigenvalue weighted by Gasteiger charge is 2.25. The molecule has 2 aromatic heterocycles. The minimum Gasteiger partial charge on any atom is -0.397 e. The summed E-state index contributed by atoms with van der Waals surface area (Å²) in [6, 6.07) is 13.1. The van der Waals surface area contributed by atoms with Gasteiger partial charge in [-0.05, 0) is 54.2 Å². The van der Waals surface area contributed by atoms with Gasteiger partial charge in [0.15, 0.2) is 0 Å². The lowest BCUT2D eigenvalue weighted by Gasteiger charge is -2.12. The quantitative estimate of drug-likeness (QED) is 0.189. The van der Waals surface area contributed by atoms with E-state index >= 15 is 0 Å². The summed E-state index contributed by atoms with van der Waals surface area (Å²) in [6.07, 6.45) is 1.59. The molecule has 42 heavy (non-hydrogen) atoms. The lowest BCUT2D eigenvalue weighted by molar-refractivity contribution is 0.0226. The highest BCUT2D eigenvalue weighted by Crippen LogP contribution is 2.40. The number of nitrogens with two attached hydrogens (primary N) is 2. The molecule has 0 aliphatic heterocycles. The molecule has 9 heteroatoms. The lowest BCUT2D eigenvalue weighted by atomic mass is 9.88. The van der Waals surface area contributed by atoms with Gasteiger partial charge in [0.2, 0.25) is 5.92 Å². The van der Waals surface area contributed by atoms with Crippen LogP contribution in [0.5, 0.6) is 0 Å². The molecule has 1 aliphatic carbocycles. The van der Waals surface area contributed by atoms with Gasteiger partial charge in [-0.25, -0.2) is 8.78 Å². The van der Waals surface area contributed by atoms with Crippen molar-refractivity contribution in [1.82, 2.24) is 15.2 Å². The smallest absolute Gasteiger partial charge is 0.249 e. The number of hydrogen-bond acceptors (Lipinski definition) is 5. The number of rotatable bonds is 5. The number of halogens is 2. The average Bonchev–Trinajstić information content (AvgIpc) is 3.32. The molecular weight excluding hydrogens is 531 g/mol. The molecule has 4 aromatic rings. The molecule has 0 saturated heterocycles. The van der Waals surface area contributed by atoms with Crippen molar-refractivity contribution in [3.8, 4) is 11.1 Å². The number of fused-ring (bicyclic) bond motifs is 2. The second-order valence-corrected chi connectivity index (χ2v) is 11.8. The Labute approximate surface area is 249 Å². The number of hydrogen-bond donors (Lipinski definition) is 4. The van der Waals surface area contributed by atoms with Crippen molar-refractivity contribution in [2.75, 3.05) is 6.61 Å². The van der Waals surface area contributed by atoms with Gasteiger partial charge < -0.3 is 16.6 Å². The molecule has 6 nitrogen and oxygen atoms in total. The van der Waals surface area contributed by atoms with Crippen LogP contribution in [0, 0.1) is 5.41 Å². The Morgan fingerprint density at radius 3 is 2.19 bits per heavy atom. The highest BCUT2D eigenvalue weighted by atomic mass is 19.3. The maximum Gasteiger partial charge on any atom is 0.249 e. The molecule has 0 spiro atoms. The third-order valence-corrected chi connectivity index (χ3v) is 5.58. The first-order valence-electron chi connectivity index (χ1n) is 13.7. The predicted molar refractivity (Wildman–Crippen MR) is 173 cm³/mol. The Kier molecular flexibility index (Phi) is 11.8. The molecule has 6 N–H and O–H groups in total. The van der Waals surface area contributed by atoms with Crippen molar-refractivity contribution in [2.45, 2.75) is 60.4 Å². The van der Waals surface area contributed by atoms with Crippen LogP contribution in [-0.4, -0.2) is 40.7 Å². The Hall–Kier alpha value is -3.82. The van der Waals surface area contributed by atoms with E-state index in [1.165, 1.54) is 0 Å². The molecule has 0 amide bonds. The van der Waals surface area contributed by atoms with Gasteiger partial charge in [0.1, 0.15) is 13.5 Å². The third kappa shape index (κ3) is 10.5. The summed E-state index contributed by atoms with van der Waals surface area (Å²) >= 11 is 0. The van der Waals surface area contributed by atoms with Crippen LogP contribution in [0.4, 0.5) is 8.78 Å². The molecule has 5 rings (SSSR count). The zero-order valence-corrected chi connectivity index (χ0v) is 25.5. The summed E-state index contributed by atoms with van der Waals surface area (Å²) in [5.41, 5.74) is 21.0. The number of aromatic nitrogens is 3. The maximum atomic E-state index is 12.7. The number of nitrogens with zero attached hydrogens (tertiary/aromatic N) is 2. The lowest BCUT2D eigenvalue weighted by Crippen LogP contribution is -2.18. The van der Waals surface area contributed by atoms with Gasteiger partial charge in [-0.15, -0.1) is 0 Å². The summed E-state index contributed by atoms with van der Waals surface area (Å²) in [6.45, 7) is 19.5. The number of benzene rings is 2. The van der Waals surface area contributed by atoms with E-state index in [0.717, 1.165) is 45.8 Å². The van der Waals surface area contributed by atoms with Crippen LogP contribution in [0.15, 0.2) is 61.8 Å². The van der Waals surface area contributed by atoms with E-state index < -0.39 is 5.92 Å². The number of nitrogens with one attached hydrogen (secondary N) is 1. The van der Waals surface area contributed by atoms with Crippen LogP contribution < -0.4 is 16.9 Å². The Morgan fingerprint density at radius 2 is 1.67 bits per heavy atom. The molecule has 1 aliphatic rings. The number of aromatic amines is 1. The van der Waals surface area contributed by atoms with Crippen LogP contribution in [0.1, 0.15) is 69.6 Å². The minimum absolute atomic E-state index is 0.250. The first-order chi connectivity index (χ1) is 19.5. The van der Waals surface area contributed by atoms with E-state index in [9.17, 15) is 8.78 Å². The monoisotopic (exact) mass is 573 g/mol. The molecule has 2 aromatic carbocycles. The zero-order valence-electron chi connectivity index (χ0n) is 25.5. The first-order valence-corrected chi connectivity index (χ1v) is 13.7. The van der Waals surface area contributed by atoms with E-state index in [4.69, 9.17) is 24.4 Å². The fourth-order valence-corrected chi connectivity index (χ4v) is 3.77. The first kappa shape index (κ1) is 34.4. The number of alkyl halides is 2. The van der Waals surface area contributed by atoms with Crippen molar-refractivity contribution < 1.29 is 13.9 Å². The van der Waals surface area contributed by atoms with Crippen LogP contribution >= 0.6 is 0 Å². The second kappa shape index (κ2) is 14.4. The summed E-state index contributed by atoms with van der Waals surface area (Å²) in [5, 5.41) is 15.7. The van der Waals surface area contributed by atoms with Crippen molar-refractivity contribution in [2.24, 2.45) is 16.9 Å². The van der Waals surface area contributed by atoms with Gasteiger partial charge in [-0.2, -0.15) is 5.10 Å². The second-order valence-electron chi connectivity index (χ2n) is 11.8. The van der Waals surface area contributed by atoms with Gasteiger partial charge in [-0.1, -0.05) is 70.6 Å². The molecule has 0 saturated carbocycles. The van der Waals surface area contributed by atoms with Gasteiger partial charge in [0, 0.05) is 47.9 Å². The van der Waals surface area contributed by atoms with Crippen LogP contribution in [0.25, 0.3) is 33.3 Å². The van der Waals surface area contributed by atoms with Crippen molar-refractivity contribution in [3.63, 3.8) is 0 Å². The van der Waals surface area contributed by atoms with E-state index in [2.05, 4.69) is 62.1 Å². The van der Waals surface area contributed by atoms with E-state index in [0.29, 0.717) is 33.4 Å². The molecule has 0 unspecified atom stereocenters. The van der Waals surface area contributed by atoms with Gasteiger partial charge in [0.05, 0.1) is 16.9 Å². The average molecular weight is 574 g/mol. The van der Waals surface area contributed by atoms with Crippen LogP contribution in [-0.2, 0) is 13.0 Å². The molecule has 2 heterocycles. The molecule has 222 valence electrons. The molecule has 0 bridgehead atoms. The largest absolute Gasteiger partial charge is 0.397 e. The zero-order chi connectivity index (χ0) is 31.8. The summed E-state index contributed by atoms with van der Waals surface area (Å²) in [7, 11) is 5.60. The van der Waals surface area contributed by atoms with Crippen molar-refractivity contribution >= 4 is 35.5 Å². The standard InChI is InChI=1S/C16H12N4.C10H12BF2N.C5H12.C2H6O/c1-8-13-5-11(7-18-15(8)13)10-3-4-12-14(6-10)19-20-16(12)9(2)17;1-10(12,13)5-7-2-3-9(11)8(4-7)6-14;1-5(2,3)4;1-2-3/h3-7H,1-2,17H2,(H,19,20);2-4H,5-6,14H2,1H3;1-4H3;3H,2H2,1H3. The normalized spacial score (nSPS) is 11.7. The Bertz CT molecular complexity index is 1530.